The molecule has 1 aliphatic rings. The Labute approximate surface area is 193 Å². The topological polar surface area (TPSA) is 52.6 Å². The standard InChI is InChI=1S/C21H28BrN5.HI/c1-15-13-18(22)8-7-17(15)14-24-21(23-3)26-19-9-11-27(12-10-19)20-6-4-5-16(2)25-20;/h4-8,13,19H,9-12,14H2,1-3H3,(H2,23,24,26);1H. The van der Waals surface area contributed by atoms with E-state index < -0.39 is 0 Å². The monoisotopic (exact) mass is 557 g/mol. The van der Waals surface area contributed by atoms with Crippen molar-refractivity contribution in [3.63, 3.8) is 0 Å². The number of aryl methyl sites for hydroxylation is 2. The molecule has 1 aliphatic heterocycles. The predicted octanol–water partition coefficient (Wildman–Crippen LogP) is 4.41. The minimum absolute atomic E-state index is 0. The normalized spacial score (nSPS) is 15.1. The molecule has 2 aromatic rings. The van der Waals surface area contributed by atoms with Crippen LogP contribution in [0.2, 0.25) is 0 Å². The Morgan fingerprint density at radius 2 is 1.96 bits per heavy atom. The summed E-state index contributed by atoms with van der Waals surface area (Å²) in [5.74, 6) is 1.95. The quantitative estimate of drug-likeness (QED) is 0.332. The van der Waals surface area contributed by atoms with E-state index in [1.165, 1.54) is 11.1 Å². The van der Waals surface area contributed by atoms with Crippen LogP contribution in [0.4, 0.5) is 5.82 Å². The molecule has 1 aromatic carbocycles. The van der Waals surface area contributed by atoms with E-state index >= 15 is 0 Å². The molecule has 2 heterocycles. The van der Waals surface area contributed by atoms with Crippen molar-refractivity contribution in [3.05, 3.63) is 57.7 Å². The number of hydrogen-bond acceptors (Lipinski definition) is 3. The minimum Gasteiger partial charge on any atom is -0.356 e. The summed E-state index contributed by atoms with van der Waals surface area (Å²) in [5.41, 5.74) is 3.62. The molecule has 0 saturated carbocycles. The maximum atomic E-state index is 4.64. The zero-order valence-corrected chi connectivity index (χ0v) is 20.6. The fourth-order valence-electron chi connectivity index (χ4n) is 3.38. The Morgan fingerprint density at radius 3 is 2.61 bits per heavy atom. The van der Waals surface area contributed by atoms with Gasteiger partial charge in [-0.2, -0.15) is 0 Å². The highest BCUT2D eigenvalue weighted by Crippen LogP contribution is 2.18. The van der Waals surface area contributed by atoms with Crippen LogP contribution < -0.4 is 15.5 Å². The van der Waals surface area contributed by atoms with Gasteiger partial charge in [0.15, 0.2) is 5.96 Å². The largest absolute Gasteiger partial charge is 0.356 e. The van der Waals surface area contributed by atoms with Gasteiger partial charge in [0.25, 0.3) is 0 Å². The summed E-state index contributed by atoms with van der Waals surface area (Å²) in [6.07, 6.45) is 2.15. The number of pyridine rings is 1. The van der Waals surface area contributed by atoms with E-state index in [1.807, 2.05) is 20.0 Å². The number of benzene rings is 1. The van der Waals surface area contributed by atoms with Crippen molar-refractivity contribution in [1.82, 2.24) is 15.6 Å². The molecule has 5 nitrogen and oxygen atoms in total. The van der Waals surface area contributed by atoms with Gasteiger partial charge < -0.3 is 15.5 Å². The van der Waals surface area contributed by atoms with E-state index in [9.17, 15) is 0 Å². The van der Waals surface area contributed by atoms with Crippen LogP contribution in [0.3, 0.4) is 0 Å². The molecule has 3 rings (SSSR count). The molecule has 0 aliphatic carbocycles. The van der Waals surface area contributed by atoms with Crippen LogP contribution in [0.25, 0.3) is 0 Å². The van der Waals surface area contributed by atoms with Gasteiger partial charge in [0, 0.05) is 42.9 Å². The molecule has 2 N–H and O–H groups in total. The summed E-state index contributed by atoms with van der Waals surface area (Å²) in [6.45, 7) is 6.96. The Hall–Kier alpha value is -1.35. The zero-order chi connectivity index (χ0) is 19.2. The summed E-state index contributed by atoms with van der Waals surface area (Å²) < 4.78 is 1.11. The number of piperidine rings is 1. The molecule has 152 valence electrons. The lowest BCUT2D eigenvalue weighted by atomic mass is 10.1. The van der Waals surface area contributed by atoms with Crippen LogP contribution in [0.1, 0.15) is 29.7 Å². The highest BCUT2D eigenvalue weighted by atomic mass is 127. The van der Waals surface area contributed by atoms with Crippen LogP contribution in [-0.2, 0) is 6.54 Å². The van der Waals surface area contributed by atoms with Crippen molar-refractivity contribution in [1.29, 1.82) is 0 Å². The first kappa shape index (κ1) is 22.9. The maximum absolute atomic E-state index is 4.64. The first-order valence-electron chi connectivity index (χ1n) is 9.46. The molecule has 0 unspecified atom stereocenters. The number of nitrogens with zero attached hydrogens (tertiary/aromatic N) is 3. The predicted molar refractivity (Wildman–Crippen MR) is 132 cm³/mol. The Morgan fingerprint density at radius 1 is 1.21 bits per heavy atom. The molecule has 0 bridgehead atoms. The van der Waals surface area contributed by atoms with Gasteiger partial charge in [-0.15, -0.1) is 24.0 Å². The van der Waals surface area contributed by atoms with Gasteiger partial charge in [-0.3, -0.25) is 4.99 Å². The lowest BCUT2D eigenvalue weighted by Crippen LogP contribution is -2.48. The Balaban J connectivity index is 0.00000280. The van der Waals surface area contributed by atoms with Gasteiger partial charge in [0.1, 0.15) is 5.82 Å². The molecule has 1 fully saturated rings. The fourth-order valence-corrected chi connectivity index (χ4v) is 3.86. The minimum atomic E-state index is 0. The second-order valence-electron chi connectivity index (χ2n) is 7.04. The smallest absolute Gasteiger partial charge is 0.191 e. The van der Waals surface area contributed by atoms with Gasteiger partial charge >= 0.3 is 0 Å². The van der Waals surface area contributed by atoms with Gasteiger partial charge in [0.05, 0.1) is 0 Å². The van der Waals surface area contributed by atoms with E-state index in [-0.39, 0.29) is 24.0 Å². The third kappa shape index (κ3) is 6.34. The molecular weight excluding hydrogens is 529 g/mol. The molecule has 1 aromatic heterocycles. The Kier molecular flexibility index (Phi) is 9.01. The third-order valence-electron chi connectivity index (χ3n) is 5.01. The molecule has 0 radical (unpaired) electrons. The SMILES string of the molecule is CN=C(NCc1ccc(Br)cc1C)NC1CCN(c2cccc(C)n2)CC1.I. The van der Waals surface area contributed by atoms with Gasteiger partial charge in [-0.1, -0.05) is 28.1 Å². The fraction of sp³-hybridized carbons (Fsp3) is 0.429. The summed E-state index contributed by atoms with van der Waals surface area (Å²) >= 11 is 3.52. The summed E-state index contributed by atoms with van der Waals surface area (Å²) in [5, 5.41) is 7.01. The number of guanidine groups is 1. The average Bonchev–Trinajstić information content (AvgIpc) is 2.67. The molecule has 7 heteroatoms. The zero-order valence-electron chi connectivity index (χ0n) is 16.7. The second-order valence-corrected chi connectivity index (χ2v) is 7.96. The number of hydrogen-bond donors (Lipinski definition) is 2. The van der Waals surface area contributed by atoms with Crippen LogP contribution in [-0.4, -0.2) is 37.1 Å². The first-order chi connectivity index (χ1) is 13.0. The lowest BCUT2D eigenvalue weighted by molar-refractivity contribution is 0.459. The van der Waals surface area contributed by atoms with Crippen molar-refractivity contribution in [3.8, 4) is 0 Å². The Bertz CT molecular complexity index is 803. The second kappa shape index (κ2) is 11.0. The number of halogens is 2. The van der Waals surface area contributed by atoms with E-state index in [4.69, 9.17) is 0 Å². The van der Waals surface area contributed by atoms with Gasteiger partial charge in [0.2, 0.25) is 0 Å². The first-order valence-corrected chi connectivity index (χ1v) is 10.3. The number of rotatable bonds is 4. The molecule has 0 spiro atoms. The summed E-state index contributed by atoms with van der Waals surface area (Å²) in [7, 11) is 1.83. The van der Waals surface area contributed by atoms with E-state index in [1.54, 1.807) is 0 Å². The van der Waals surface area contributed by atoms with Crippen LogP contribution >= 0.6 is 39.9 Å². The van der Waals surface area contributed by atoms with E-state index in [2.05, 4.69) is 78.7 Å². The van der Waals surface area contributed by atoms with Crippen molar-refractivity contribution >= 4 is 51.7 Å². The number of nitrogens with one attached hydrogen (secondary N) is 2. The summed E-state index contributed by atoms with van der Waals surface area (Å²) in [4.78, 5) is 11.4. The molecule has 0 atom stereocenters. The maximum Gasteiger partial charge on any atom is 0.191 e. The summed E-state index contributed by atoms with van der Waals surface area (Å²) in [6, 6.07) is 13.0. The molecular formula is C21H29BrIN5. The highest BCUT2D eigenvalue weighted by Gasteiger charge is 2.21. The van der Waals surface area contributed by atoms with Crippen molar-refractivity contribution in [2.75, 3.05) is 25.0 Å². The molecule has 28 heavy (non-hydrogen) atoms. The highest BCUT2D eigenvalue weighted by molar-refractivity contribution is 14.0. The third-order valence-corrected chi connectivity index (χ3v) is 5.50. The molecule has 0 amide bonds. The van der Waals surface area contributed by atoms with Gasteiger partial charge in [-0.25, -0.2) is 4.98 Å². The van der Waals surface area contributed by atoms with Crippen LogP contribution in [0, 0.1) is 13.8 Å². The van der Waals surface area contributed by atoms with Crippen LogP contribution in [0.15, 0.2) is 45.9 Å². The number of aromatic nitrogens is 1. The van der Waals surface area contributed by atoms with Gasteiger partial charge in [-0.05, 0) is 62.1 Å². The van der Waals surface area contributed by atoms with Crippen LogP contribution in [0.5, 0.6) is 0 Å². The average molecular weight is 558 g/mol. The van der Waals surface area contributed by atoms with E-state index in [0.29, 0.717) is 6.04 Å². The van der Waals surface area contributed by atoms with E-state index in [0.717, 1.165) is 54.4 Å². The van der Waals surface area contributed by atoms with Crippen molar-refractivity contribution < 1.29 is 0 Å². The van der Waals surface area contributed by atoms with Crippen molar-refractivity contribution in [2.45, 2.75) is 39.3 Å². The van der Waals surface area contributed by atoms with Crippen molar-refractivity contribution in [2.24, 2.45) is 4.99 Å². The number of aliphatic imine (C=N–C) groups is 1. The molecule has 1 saturated heterocycles. The number of anilines is 1. The lowest BCUT2D eigenvalue weighted by Gasteiger charge is -2.34.